The van der Waals surface area contributed by atoms with Gasteiger partial charge in [-0.2, -0.15) is 18.3 Å². The van der Waals surface area contributed by atoms with E-state index in [-0.39, 0.29) is 23.7 Å². The first-order valence-corrected chi connectivity index (χ1v) is 9.02. The molecular weight excluding hydrogens is 400 g/mol. The van der Waals surface area contributed by atoms with E-state index in [4.69, 9.17) is 0 Å². The van der Waals surface area contributed by atoms with Gasteiger partial charge in [-0.3, -0.25) is 9.69 Å². The van der Waals surface area contributed by atoms with Crippen LogP contribution in [0.15, 0.2) is 48.5 Å². The molecule has 2 aromatic carbocycles. The lowest BCUT2D eigenvalue weighted by Crippen LogP contribution is -2.45. The summed E-state index contributed by atoms with van der Waals surface area (Å²) in [5.74, 6) is -0.691. The minimum atomic E-state index is -4.57. The maximum absolute atomic E-state index is 13.6. The van der Waals surface area contributed by atoms with Crippen molar-refractivity contribution in [2.24, 2.45) is 0 Å². The number of rotatable bonds is 2. The molecule has 0 saturated heterocycles. The molecule has 0 N–H and O–H groups in total. The van der Waals surface area contributed by atoms with E-state index in [9.17, 15) is 22.4 Å². The summed E-state index contributed by atoms with van der Waals surface area (Å²) in [6, 6.07) is 10.3. The second-order valence-electron chi connectivity index (χ2n) is 7.00. The van der Waals surface area contributed by atoms with Crippen molar-refractivity contribution in [2.75, 3.05) is 16.5 Å². The predicted octanol–water partition coefficient (Wildman–Crippen LogP) is 5.01. The minimum Gasteiger partial charge on any atom is -0.322 e. The van der Waals surface area contributed by atoms with Crippen molar-refractivity contribution in [1.82, 2.24) is 10.2 Å². The van der Waals surface area contributed by atoms with Crippen LogP contribution in [0.25, 0.3) is 0 Å². The topological polar surface area (TPSA) is 49.3 Å². The summed E-state index contributed by atoms with van der Waals surface area (Å²) in [6.07, 6.45) is -4.57. The van der Waals surface area contributed by atoms with Crippen molar-refractivity contribution < 1.29 is 22.4 Å². The Morgan fingerprint density at radius 1 is 0.900 bits per heavy atom. The Bertz CT molecular complexity index is 1130. The van der Waals surface area contributed by atoms with Crippen molar-refractivity contribution in [3.8, 4) is 0 Å². The van der Waals surface area contributed by atoms with Crippen LogP contribution >= 0.6 is 0 Å². The number of nitrogens with zero attached hydrogens (tertiary/aromatic N) is 4. The average molecular weight is 416 g/mol. The molecule has 2 heterocycles. The third-order valence-electron chi connectivity index (χ3n) is 4.88. The van der Waals surface area contributed by atoms with Crippen LogP contribution in [0.3, 0.4) is 0 Å². The monoisotopic (exact) mass is 416 g/mol. The van der Waals surface area contributed by atoms with Crippen LogP contribution in [0.1, 0.15) is 27.2 Å². The molecule has 0 radical (unpaired) electrons. The average Bonchev–Trinajstić information content (AvgIpc) is 2.69. The third kappa shape index (κ3) is 3.47. The largest absolute Gasteiger partial charge is 0.416 e. The summed E-state index contributed by atoms with van der Waals surface area (Å²) < 4.78 is 53.6. The van der Waals surface area contributed by atoms with Crippen LogP contribution in [-0.2, 0) is 6.18 Å². The number of carbonyl (C=O) groups excluding carboxylic acids is 1. The Morgan fingerprint density at radius 2 is 1.67 bits per heavy atom. The van der Waals surface area contributed by atoms with Gasteiger partial charge in [-0.05, 0) is 67.9 Å². The van der Waals surface area contributed by atoms with E-state index in [1.165, 1.54) is 23.1 Å². The van der Waals surface area contributed by atoms with Crippen molar-refractivity contribution in [3.05, 3.63) is 76.7 Å². The lowest BCUT2D eigenvalue weighted by Gasteiger charge is -2.38. The van der Waals surface area contributed by atoms with Crippen molar-refractivity contribution >= 4 is 23.1 Å². The number of halogens is 4. The summed E-state index contributed by atoms with van der Waals surface area (Å²) in [5, 5.41) is 7.99. The maximum Gasteiger partial charge on any atom is 0.416 e. The van der Waals surface area contributed by atoms with Gasteiger partial charge in [0.15, 0.2) is 5.82 Å². The van der Waals surface area contributed by atoms with Gasteiger partial charge in [0.25, 0.3) is 5.91 Å². The molecule has 154 valence electrons. The van der Waals surface area contributed by atoms with Gasteiger partial charge in [0, 0.05) is 5.69 Å². The zero-order chi connectivity index (χ0) is 21.6. The zero-order valence-electron chi connectivity index (χ0n) is 16.0. The van der Waals surface area contributed by atoms with Crippen LogP contribution < -0.4 is 9.80 Å². The molecule has 1 aliphatic rings. The SMILES string of the molecule is Cc1ccc(N2CN(c3ccc(F)cc3C)c3cc(C(F)(F)F)ccc3C2=O)nn1. The number of amides is 1. The molecule has 0 saturated carbocycles. The molecule has 3 aromatic rings. The molecular formula is C21H16F4N4O. The maximum atomic E-state index is 13.6. The van der Waals surface area contributed by atoms with Crippen LogP contribution in [0.5, 0.6) is 0 Å². The van der Waals surface area contributed by atoms with Crippen molar-refractivity contribution in [1.29, 1.82) is 0 Å². The molecule has 1 amide bonds. The fourth-order valence-electron chi connectivity index (χ4n) is 3.38. The predicted molar refractivity (Wildman–Crippen MR) is 103 cm³/mol. The lowest BCUT2D eigenvalue weighted by atomic mass is 10.0. The van der Waals surface area contributed by atoms with Gasteiger partial charge < -0.3 is 4.90 Å². The van der Waals surface area contributed by atoms with Gasteiger partial charge in [-0.15, -0.1) is 5.10 Å². The molecule has 0 aliphatic carbocycles. The molecule has 0 unspecified atom stereocenters. The standard InChI is InChI=1S/C21H16F4N4O/c1-12-9-15(22)5-7-17(12)28-11-29(19-8-3-13(2)26-27-19)20(30)16-6-4-14(10-18(16)28)21(23,24)25/h3-10H,11H2,1-2H3. The highest BCUT2D eigenvalue weighted by molar-refractivity contribution is 6.12. The fraction of sp³-hybridized carbons (Fsp3) is 0.190. The summed E-state index contributed by atoms with van der Waals surface area (Å²) in [7, 11) is 0. The van der Waals surface area contributed by atoms with Gasteiger partial charge in [0.1, 0.15) is 12.5 Å². The second kappa shape index (κ2) is 7.08. The van der Waals surface area contributed by atoms with Crippen LogP contribution in [0.2, 0.25) is 0 Å². The van der Waals surface area contributed by atoms with Gasteiger partial charge in [0.2, 0.25) is 0 Å². The van der Waals surface area contributed by atoms with Gasteiger partial charge in [-0.1, -0.05) is 0 Å². The van der Waals surface area contributed by atoms with E-state index in [0.717, 1.165) is 18.2 Å². The normalized spacial score (nSPS) is 14.1. The highest BCUT2D eigenvalue weighted by atomic mass is 19.4. The molecule has 0 atom stereocenters. The number of fused-ring (bicyclic) bond motifs is 1. The number of benzene rings is 2. The first kappa shape index (κ1) is 19.8. The number of anilines is 3. The number of hydrogen-bond acceptors (Lipinski definition) is 4. The highest BCUT2D eigenvalue weighted by Crippen LogP contribution is 2.40. The first-order chi connectivity index (χ1) is 14.1. The number of hydrogen-bond donors (Lipinski definition) is 0. The number of carbonyl (C=O) groups is 1. The molecule has 4 rings (SSSR count). The van der Waals surface area contributed by atoms with E-state index in [2.05, 4.69) is 10.2 Å². The van der Waals surface area contributed by atoms with Gasteiger partial charge in [0.05, 0.1) is 22.5 Å². The Hall–Kier alpha value is -3.49. The zero-order valence-corrected chi connectivity index (χ0v) is 16.0. The summed E-state index contributed by atoms with van der Waals surface area (Å²) in [6.45, 7) is 3.30. The summed E-state index contributed by atoms with van der Waals surface area (Å²) in [4.78, 5) is 15.9. The summed E-state index contributed by atoms with van der Waals surface area (Å²) in [5.41, 5.74) is 0.963. The summed E-state index contributed by atoms with van der Waals surface area (Å²) >= 11 is 0. The lowest BCUT2D eigenvalue weighted by molar-refractivity contribution is -0.137. The second-order valence-corrected chi connectivity index (χ2v) is 7.00. The Labute approximate surface area is 169 Å². The molecule has 1 aliphatic heterocycles. The molecule has 0 fully saturated rings. The van der Waals surface area contributed by atoms with Crippen molar-refractivity contribution in [3.63, 3.8) is 0 Å². The number of alkyl halides is 3. The van der Waals surface area contributed by atoms with Gasteiger partial charge >= 0.3 is 6.18 Å². The molecule has 0 bridgehead atoms. The molecule has 9 heteroatoms. The fourth-order valence-corrected chi connectivity index (χ4v) is 3.38. The third-order valence-corrected chi connectivity index (χ3v) is 4.88. The minimum absolute atomic E-state index is 0.0837. The van der Waals surface area contributed by atoms with Crippen LogP contribution in [0.4, 0.5) is 34.8 Å². The first-order valence-electron chi connectivity index (χ1n) is 9.02. The van der Waals surface area contributed by atoms with Gasteiger partial charge in [-0.25, -0.2) is 4.39 Å². The quantitative estimate of drug-likeness (QED) is 0.552. The van der Waals surface area contributed by atoms with E-state index < -0.39 is 23.5 Å². The Morgan fingerprint density at radius 3 is 2.30 bits per heavy atom. The van der Waals surface area contributed by atoms with Crippen LogP contribution in [0, 0.1) is 19.7 Å². The Balaban J connectivity index is 1.89. The van der Waals surface area contributed by atoms with Crippen molar-refractivity contribution in [2.45, 2.75) is 20.0 Å². The molecule has 30 heavy (non-hydrogen) atoms. The highest BCUT2D eigenvalue weighted by Gasteiger charge is 2.37. The number of aromatic nitrogens is 2. The van der Waals surface area contributed by atoms with E-state index in [1.54, 1.807) is 30.9 Å². The molecule has 5 nitrogen and oxygen atoms in total. The van der Waals surface area contributed by atoms with E-state index in [1.807, 2.05) is 0 Å². The molecule has 0 spiro atoms. The van der Waals surface area contributed by atoms with E-state index in [0.29, 0.717) is 16.9 Å². The van der Waals surface area contributed by atoms with Crippen LogP contribution in [-0.4, -0.2) is 22.8 Å². The number of aryl methyl sites for hydroxylation is 2. The Kier molecular flexibility index (Phi) is 4.68. The molecule has 1 aromatic heterocycles. The van der Waals surface area contributed by atoms with E-state index >= 15 is 0 Å². The smallest absolute Gasteiger partial charge is 0.322 e.